The molecule has 3 aromatic rings. The normalized spacial score (nSPS) is 19.5. The zero-order chi connectivity index (χ0) is 26.2. The first-order valence-electron chi connectivity index (χ1n) is 11.9. The summed E-state index contributed by atoms with van der Waals surface area (Å²) in [6, 6.07) is 15.0. The Morgan fingerprint density at radius 1 is 1.11 bits per heavy atom. The van der Waals surface area contributed by atoms with E-state index >= 15 is 0 Å². The predicted octanol–water partition coefficient (Wildman–Crippen LogP) is 4.87. The van der Waals surface area contributed by atoms with Crippen molar-refractivity contribution in [1.82, 2.24) is 10.2 Å². The molecule has 1 amide bonds. The monoisotopic (exact) mass is 543 g/mol. The van der Waals surface area contributed by atoms with Crippen molar-refractivity contribution < 1.29 is 29.3 Å². The third-order valence-corrected chi connectivity index (χ3v) is 7.86. The molecule has 0 spiro atoms. The minimum atomic E-state index is -0.920. The molecule has 3 N–H and O–H groups in total. The summed E-state index contributed by atoms with van der Waals surface area (Å²) in [6.45, 7) is 1.90. The summed E-state index contributed by atoms with van der Waals surface area (Å²) in [5.41, 5.74) is 3.18. The number of carboxylic acids is 1. The van der Waals surface area contributed by atoms with Crippen LogP contribution in [0.1, 0.15) is 59.8 Å². The molecule has 2 aromatic carbocycles. The van der Waals surface area contributed by atoms with Gasteiger partial charge >= 0.3 is 5.97 Å². The van der Waals surface area contributed by atoms with E-state index in [-0.39, 0.29) is 44.0 Å². The first-order valence-corrected chi connectivity index (χ1v) is 13.7. The summed E-state index contributed by atoms with van der Waals surface area (Å²) >= 11 is 3.15. The van der Waals surface area contributed by atoms with Crippen LogP contribution in [0.15, 0.2) is 52.9 Å². The van der Waals surface area contributed by atoms with Crippen LogP contribution in [-0.4, -0.2) is 44.1 Å². The number of anilines is 1. The Kier molecular flexibility index (Phi) is 9.64. The van der Waals surface area contributed by atoms with Crippen molar-refractivity contribution in [3.05, 3.63) is 70.2 Å². The van der Waals surface area contributed by atoms with Gasteiger partial charge in [0.15, 0.2) is 10.6 Å². The van der Waals surface area contributed by atoms with Gasteiger partial charge < -0.3 is 25.0 Å². The molecule has 0 saturated carbocycles. The SMILES string of the molecule is Cc1nnc(SCC2CC(c3ccc(CO)cc3)OC(c3cccc(NC(=O)CCCC(=O)O)c3)O2)s1. The minimum Gasteiger partial charge on any atom is -0.481 e. The lowest BCUT2D eigenvalue weighted by molar-refractivity contribution is -0.245. The van der Waals surface area contributed by atoms with E-state index in [2.05, 4.69) is 15.5 Å². The summed E-state index contributed by atoms with van der Waals surface area (Å²) in [6.07, 6.45) is 0.0192. The minimum absolute atomic E-state index is 0.0209. The van der Waals surface area contributed by atoms with Gasteiger partial charge in [0.2, 0.25) is 5.91 Å². The second kappa shape index (κ2) is 13.1. The molecular formula is C26H29N3O6S2. The van der Waals surface area contributed by atoms with E-state index in [4.69, 9.17) is 14.6 Å². The number of amides is 1. The van der Waals surface area contributed by atoms with Crippen LogP contribution in [0.2, 0.25) is 0 Å². The van der Waals surface area contributed by atoms with E-state index in [1.807, 2.05) is 49.4 Å². The van der Waals surface area contributed by atoms with E-state index in [0.29, 0.717) is 17.9 Å². The lowest BCUT2D eigenvalue weighted by Gasteiger charge is -2.36. The zero-order valence-corrected chi connectivity index (χ0v) is 22.0. The van der Waals surface area contributed by atoms with Crippen molar-refractivity contribution in [2.45, 2.75) is 62.1 Å². The van der Waals surface area contributed by atoms with Crippen molar-refractivity contribution in [1.29, 1.82) is 0 Å². The van der Waals surface area contributed by atoms with Crippen molar-refractivity contribution >= 4 is 40.7 Å². The molecule has 1 saturated heterocycles. The number of aromatic nitrogens is 2. The maximum Gasteiger partial charge on any atom is 0.303 e. The molecule has 0 aliphatic carbocycles. The van der Waals surface area contributed by atoms with E-state index in [1.165, 1.54) is 0 Å². The molecule has 1 aliphatic rings. The van der Waals surface area contributed by atoms with Gasteiger partial charge in [-0.3, -0.25) is 9.59 Å². The molecule has 1 fully saturated rings. The fraction of sp³-hybridized carbons (Fsp3) is 0.385. The Balaban J connectivity index is 1.48. The highest BCUT2D eigenvalue weighted by Crippen LogP contribution is 2.40. The van der Waals surface area contributed by atoms with Crippen molar-refractivity contribution in [3.8, 4) is 0 Å². The van der Waals surface area contributed by atoms with Gasteiger partial charge in [-0.2, -0.15) is 0 Å². The van der Waals surface area contributed by atoms with Crippen molar-refractivity contribution in [3.63, 3.8) is 0 Å². The van der Waals surface area contributed by atoms with E-state index < -0.39 is 12.3 Å². The van der Waals surface area contributed by atoms with Crippen molar-refractivity contribution in [2.75, 3.05) is 11.1 Å². The highest BCUT2D eigenvalue weighted by atomic mass is 32.2. The van der Waals surface area contributed by atoms with E-state index in [9.17, 15) is 14.7 Å². The number of hydrogen-bond donors (Lipinski definition) is 3. The Hall–Kier alpha value is -2.83. The maximum atomic E-state index is 12.2. The molecule has 3 atom stereocenters. The molecule has 9 nitrogen and oxygen atoms in total. The molecule has 1 aromatic heterocycles. The molecule has 0 bridgehead atoms. The van der Waals surface area contributed by atoms with Gasteiger partial charge in [0.05, 0.1) is 18.8 Å². The predicted molar refractivity (Wildman–Crippen MR) is 140 cm³/mol. The van der Waals surface area contributed by atoms with Crippen LogP contribution in [0.25, 0.3) is 0 Å². The topological polar surface area (TPSA) is 131 Å². The summed E-state index contributed by atoms with van der Waals surface area (Å²) < 4.78 is 13.6. The zero-order valence-electron chi connectivity index (χ0n) is 20.3. The number of benzene rings is 2. The Morgan fingerprint density at radius 3 is 2.62 bits per heavy atom. The molecule has 4 rings (SSSR count). The molecule has 1 aliphatic heterocycles. The second-order valence-electron chi connectivity index (χ2n) is 8.67. The number of aliphatic hydroxyl groups excluding tert-OH is 1. The van der Waals surface area contributed by atoms with Crippen LogP contribution in [0.4, 0.5) is 5.69 Å². The largest absolute Gasteiger partial charge is 0.481 e. The first-order chi connectivity index (χ1) is 17.9. The van der Waals surface area contributed by atoms with Crippen molar-refractivity contribution in [2.24, 2.45) is 0 Å². The number of aliphatic carboxylic acids is 1. The van der Waals surface area contributed by atoms with Gasteiger partial charge in [-0.05, 0) is 36.6 Å². The number of thioether (sulfide) groups is 1. The molecule has 0 radical (unpaired) electrons. The van der Waals surface area contributed by atoms with E-state index in [1.54, 1.807) is 29.2 Å². The van der Waals surface area contributed by atoms with Crippen LogP contribution in [0.3, 0.4) is 0 Å². The number of hydrogen-bond acceptors (Lipinski definition) is 9. The number of nitrogens with zero attached hydrogens (tertiary/aromatic N) is 2. The van der Waals surface area contributed by atoms with Crippen LogP contribution >= 0.6 is 23.1 Å². The van der Waals surface area contributed by atoms with Crippen LogP contribution in [0.5, 0.6) is 0 Å². The quantitative estimate of drug-likeness (QED) is 0.290. The third kappa shape index (κ3) is 8.08. The molecule has 37 heavy (non-hydrogen) atoms. The Labute approximate surface area is 223 Å². The highest BCUT2D eigenvalue weighted by molar-refractivity contribution is 8.01. The fourth-order valence-electron chi connectivity index (χ4n) is 3.91. The highest BCUT2D eigenvalue weighted by Gasteiger charge is 2.32. The number of aliphatic hydroxyl groups is 1. The average molecular weight is 544 g/mol. The molecule has 3 unspecified atom stereocenters. The maximum absolute atomic E-state index is 12.2. The van der Waals surface area contributed by atoms with Gasteiger partial charge in [-0.25, -0.2) is 0 Å². The van der Waals surface area contributed by atoms with Crippen LogP contribution < -0.4 is 5.32 Å². The smallest absolute Gasteiger partial charge is 0.303 e. The van der Waals surface area contributed by atoms with Gasteiger partial charge in [-0.15, -0.1) is 10.2 Å². The summed E-state index contributed by atoms with van der Waals surface area (Å²) in [4.78, 5) is 22.9. The Morgan fingerprint density at radius 2 is 1.92 bits per heavy atom. The van der Waals surface area contributed by atoms with E-state index in [0.717, 1.165) is 26.0 Å². The lowest BCUT2D eigenvalue weighted by Crippen LogP contribution is -2.31. The Bertz CT molecular complexity index is 1200. The average Bonchev–Trinajstić information content (AvgIpc) is 3.32. The van der Waals surface area contributed by atoms with Gasteiger partial charge in [0.1, 0.15) is 5.01 Å². The molecular weight excluding hydrogens is 514 g/mol. The second-order valence-corrected chi connectivity index (χ2v) is 11.1. The molecule has 11 heteroatoms. The van der Waals surface area contributed by atoms with Crippen LogP contribution in [-0.2, 0) is 25.7 Å². The number of aryl methyl sites for hydroxylation is 1. The molecule has 2 heterocycles. The first kappa shape index (κ1) is 27.2. The van der Waals surface area contributed by atoms with Gasteiger partial charge in [-0.1, -0.05) is 59.5 Å². The number of carbonyl (C=O) groups excluding carboxylic acids is 1. The summed E-state index contributed by atoms with van der Waals surface area (Å²) in [5.74, 6) is -0.483. The number of ether oxygens (including phenoxy) is 2. The fourth-order valence-corrected chi connectivity index (χ4v) is 5.77. The number of rotatable bonds is 11. The summed E-state index contributed by atoms with van der Waals surface area (Å²) in [7, 11) is 0. The lowest BCUT2D eigenvalue weighted by atomic mass is 10.0. The number of carboxylic acid groups (broad SMARTS) is 1. The number of carbonyl (C=O) groups is 2. The van der Waals surface area contributed by atoms with Gasteiger partial charge in [0, 0.05) is 36.3 Å². The summed E-state index contributed by atoms with van der Waals surface area (Å²) in [5, 5.41) is 30.2. The third-order valence-electron chi connectivity index (χ3n) is 5.75. The van der Waals surface area contributed by atoms with Gasteiger partial charge in [0.25, 0.3) is 0 Å². The van der Waals surface area contributed by atoms with Crippen LogP contribution in [0, 0.1) is 6.92 Å². The number of nitrogens with one attached hydrogen (secondary N) is 1. The standard InChI is InChI=1S/C26H29N3O6S2/c1-16-28-29-26(37-16)36-15-21-13-22(18-10-8-17(14-30)9-11-18)35-25(34-21)19-4-2-5-20(12-19)27-23(31)6-3-7-24(32)33/h2,4-5,8-12,21-22,25,30H,3,6-7,13-15H2,1H3,(H,27,31)(H,32,33). The molecule has 196 valence electrons.